The second-order valence-electron chi connectivity index (χ2n) is 5.27. The second-order valence-corrected chi connectivity index (χ2v) is 5.27. The van der Waals surface area contributed by atoms with Crippen LogP contribution < -0.4 is 5.32 Å². The van der Waals surface area contributed by atoms with E-state index in [9.17, 15) is 5.11 Å². The lowest BCUT2D eigenvalue weighted by Gasteiger charge is -2.24. The van der Waals surface area contributed by atoms with Crippen LogP contribution in [-0.4, -0.2) is 17.3 Å². The van der Waals surface area contributed by atoms with E-state index in [2.05, 4.69) is 37.4 Å². The van der Waals surface area contributed by atoms with Crippen LogP contribution in [0.4, 0.5) is 5.69 Å². The molecule has 0 aromatic heterocycles. The Labute approximate surface area is 104 Å². The van der Waals surface area contributed by atoms with E-state index in [1.807, 2.05) is 0 Å². The van der Waals surface area contributed by atoms with Crippen LogP contribution in [0.1, 0.15) is 43.2 Å². The minimum absolute atomic E-state index is 0.196. The van der Waals surface area contributed by atoms with E-state index >= 15 is 0 Å². The maximum Gasteiger partial charge on any atom is 0.0741 e. The molecule has 2 nitrogen and oxygen atoms in total. The molecule has 0 aliphatic heterocycles. The maximum atomic E-state index is 10.1. The predicted octanol–water partition coefficient (Wildman–Crippen LogP) is 3.41. The SMILES string of the molecule is Cc1ccc(NC2CCCCCC2O)c(C)c1. The third-order valence-corrected chi connectivity index (χ3v) is 3.70. The van der Waals surface area contributed by atoms with Crippen molar-refractivity contribution >= 4 is 5.69 Å². The zero-order chi connectivity index (χ0) is 12.3. The third-order valence-electron chi connectivity index (χ3n) is 3.70. The summed E-state index contributed by atoms with van der Waals surface area (Å²) in [5.41, 5.74) is 3.72. The van der Waals surface area contributed by atoms with Crippen LogP contribution in [-0.2, 0) is 0 Å². The molecular formula is C15H23NO. The molecule has 1 saturated carbocycles. The summed E-state index contributed by atoms with van der Waals surface area (Å²) in [6, 6.07) is 6.66. The van der Waals surface area contributed by atoms with Crippen molar-refractivity contribution in [1.29, 1.82) is 0 Å². The molecule has 2 atom stereocenters. The number of hydrogen-bond acceptors (Lipinski definition) is 2. The van der Waals surface area contributed by atoms with Crippen LogP contribution in [0.15, 0.2) is 18.2 Å². The van der Waals surface area contributed by atoms with Crippen molar-refractivity contribution in [2.24, 2.45) is 0 Å². The Bertz CT molecular complexity index is 375. The molecule has 2 unspecified atom stereocenters. The molecule has 1 fully saturated rings. The lowest BCUT2D eigenvalue weighted by atomic mass is 10.0. The minimum Gasteiger partial charge on any atom is -0.391 e. The van der Waals surface area contributed by atoms with Crippen molar-refractivity contribution in [3.05, 3.63) is 29.3 Å². The first-order valence-corrected chi connectivity index (χ1v) is 6.68. The Balaban J connectivity index is 2.08. The fourth-order valence-corrected chi connectivity index (χ4v) is 2.63. The first-order valence-electron chi connectivity index (χ1n) is 6.68. The minimum atomic E-state index is -0.196. The lowest BCUT2D eigenvalue weighted by Crippen LogP contribution is -2.32. The Morgan fingerprint density at radius 3 is 2.65 bits per heavy atom. The van der Waals surface area contributed by atoms with Gasteiger partial charge in [0, 0.05) is 5.69 Å². The fraction of sp³-hybridized carbons (Fsp3) is 0.600. The van der Waals surface area contributed by atoms with Gasteiger partial charge >= 0.3 is 0 Å². The summed E-state index contributed by atoms with van der Waals surface area (Å²) in [6.07, 6.45) is 5.45. The highest BCUT2D eigenvalue weighted by Crippen LogP contribution is 2.24. The summed E-state index contributed by atoms with van der Waals surface area (Å²) in [7, 11) is 0. The van der Waals surface area contributed by atoms with Crippen LogP contribution in [0.3, 0.4) is 0 Å². The van der Waals surface area contributed by atoms with Crippen molar-refractivity contribution in [3.8, 4) is 0 Å². The zero-order valence-corrected chi connectivity index (χ0v) is 10.9. The molecule has 2 rings (SSSR count). The molecule has 17 heavy (non-hydrogen) atoms. The van der Waals surface area contributed by atoms with E-state index in [0.717, 1.165) is 19.3 Å². The van der Waals surface area contributed by atoms with Gasteiger partial charge in [0.1, 0.15) is 0 Å². The van der Waals surface area contributed by atoms with Crippen LogP contribution in [0.5, 0.6) is 0 Å². The number of rotatable bonds is 2. The molecule has 2 N–H and O–H groups in total. The summed E-state index contributed by atoms with van der Waals surface area (Å²) < 4.78 is 0. The van der Waals surface area contributed by atoms with Crippen molar-refractivity contribution in [3.63, 3.8) is 0 Å². The largest absolute Gasteiger partial charge is 0.391 e. The molecular weight excluding hydrogens is 210 g/mol. The summed E-state index contributed by atoms with van der Waals surface area (Å²) in [5, 5.41) is 13.6. The van der Waals surface area contributed by atoms with E-state index in [1.165, 1.54) is 29.7 Å². The first kappa shape index (κ1) is 12.4. The van der Waals surface area contributed by atoms with Crippen LogP contribution >= 0.6 is 0 Å². The quantitative estimate of drug-likeness (QED) is 0.767. The summed E-state index contributed by atoms with van der Waals surface area (Å²) in [6.45, 7) is 4.23. The van der Waals surface area contributed by atoms with Crippen molar-refractivity contribution < 1.29 is 5.11 Å². The second kappa shape index (κ2) is 5.54. The van der Waals surface area contributed by atoms with Gasteiger partial charge in [-0.05, 0) is 38.3 Å². The molecule has 0 spiro atoms. The molecule has 1 aromatic carbocycles. The number of hydrogen-bond donors (Lipinski definition) is 2. The van der Waals surface area contributed by atoms with E-state index < -0.39 is 0 Å². The molecule has 0 bridgehead atoms. The Morgan fingerprint density at radius 1 is 1.12 bits per heavy atom. The average Bonchev–Trinajstić information content (AvgIpc) is 2.48. The number of benzene rings is 1. The Kier molecular flexibility index (Phi) is 4.06. The van der Waals surface area contributed by atoms with Gasteiger partial charge in [0.2, 0.25) is 0 Å². The number of aliphatic hydroxyl groups excluding tert-OH is 1. The van der Waals surface area contributed by atoms with Gasteiger partial charge in [0.25, 0.3) is 0 Å². The van der Waals surface area contributed by atoms with Crippen molar-refractivity contribution in [2.75, 3.05) is 5.32 Å². The van der Waals surface area contributed by atoms with Gasteiger partial charge in [0.15, 0.2) is 0 Å². The van der Waals surface area contributed by atoms with E-state index in [4.69, 9.17) is 0 Å². The molecule has 1 aliphatic carbocycles. The van der Waals surface area contributed by atoms with Crippen LogP contribution in [0, 0.1) is 13.8 Å². The highest BCUT2D eigenvalue weighted by Gasteiger charge is 2.21. The smallest absolute Gasteiger partial charge is 0.0741 e. The monoisotopic (exact) mass is 233 g/mol. The topological polar surface area (TPSA) is 32.3 Å². The third kappa shape index (κ3) is 3.22. The van der Waals surface area contributed by atoms with Gasteiger partial charge < -0.3 is 10.4 Å². The fourth-order valence-electron chi connectivity index (χ4n) is 2.63. The Morgan fingerprint density at radius 2 is 1.88 bits per heavy atom. The number of aryl methyl sites for hydroxylation is 2. The number of nitrogens with one attached hydrogen (secondary N) is 1. The summed E-state index contributed by atoms with van der Waals surface area (Å²) in [4.78, 5) is 0. The van der Waals surface area contributed by atoms with Gasteiger partial charge in [-0.25, -0.2) is 0 Å². The molecule has 0 amide bonds. The maximum absolute atomic E-state index is 10.1. The summed E-state index contributed by atoms with van der Waals surface area (Å²) >= 11 is 0. The van der Waals surface area contributed by atoms with Gasteiger partial charge in [-0.3, -0.25) is 0 Å². The number of aliphatic hydroxyl groups is 1. The molecule has 1 aliphatic rings. The molecule has 2 heteroatoms. The molecule has 0 heterocycles. The zero-order valence-electron chi connectivity index (χ0n) is 10.9. The average molecular weight is 233 g/mol. The van der Waals surface area contributed by atoms with E-state index in [0.29, 0.717) is 0 Å². The van der Waals surface area contributed by atoms with Crippen molar-refractivity contribution in [1.82, 2.24) is 0 Å². The van der Waals surface area contributed by atoms with E-state index in [1.54, 1.807) is 0 Å². The van der Waals surface area contributed by atoms with Crippen molar-refractivity contribution in [2.45, 2.75) is 58.1 Å². The molecule has 0 radical (unpaired) electrons. The first-order chi connectivity index (χ1) is 8.16. The molecule has 0 saturated heterocycles. The highest BCUT2D eigenvalue weighted by atomic mass is 16.3. The predicted molar refractivity (Wildman–Crippen MR) is 72.4 cm³/mol. The summed E-state index contributed by atoms with van der Waals surface area (Å²) in [5.74, 6) is 0. The van der Waals surface area contributed by atoms with Crippen LogP contribution in [0.25, 0.3) is 0 Å². The molecule has 1 aromatic rings. The normalized spacial score (nSPS) is 25.4. The van der Waals surface area contributed by atoms with Gasteiger partial charge in [0.05, 0.1) is 12.1 Å². The van der Waals surface area contributed by atoms with E-state index in [-0.39, 0.29) is 12.1 Å². The standard InChI is InChI=1S/C15H23NO/c1-11-8-9-13(12(2)10-11)16-14-6-4-3-5-7-15(14)17/h8-10,14-17H,3-7H2,1-2H3. The highest BCUT2D eigenvalue weighted by molar-refractivity contribution is 5.52. The van der Waals surface area contributed by atoms with Gasteiger partial charge in [-0.1, -0.05) is 37.0 Å². The van der Waals surface area contributed by atoms with Crippen LogP contribution in [0.2, 0.25) is 0 Å². The lowest BCUT2D eigenvalue weighted by molar-refractivity contribution is 0.144. The number of anilines is 1. The van der Waals surface area contributed by atoms with Gasteiger partial charge in [-0.2, -0.15) is 0 Å². The van der Waals surface area contributed by atoms with Gasteiger partial charge in [-0.15, -0.1) is 0 Å². The molecule has 94 valence electrons. The Hall–Kier alpha value is -1.02.